The molecule has 0 amide bonds. The van der Waals surface area contributed by atoms with Crippen LogP contribution in [-0.4, -0.2) is 32.0 Å². The summed E-state index contributed by atoms with van der Waals surface area (Å²) in [5.41, 5.74) is 0. The number of hydrogen-bond donors (Lipinski definition) is 5. The molecule has 62 valence electrons. The lowest BCUT2D eigenvalue weighted by Gasteiger charge is -1.72. The van der Waals surface area contributed by atoms with Gasteiger partial charge in [0.15, 0.2) is 0 Å². The monoisotopic (exact) mass is 212 g/mol. The third-order valence-corrected chi connectivity index (χ3v) is 2.08. The molecule has 0 aliphatic heterocycles. The Morgan fingerprint density at radius 3 is 1.82 bits per heavy atom. The van der Waals surface area contributed by atoms with Crippen LogP contribution in [0.1, 0.15) is 0 Å². The Bertz CT molecular complexity index is 187. The van der Waals surface area contributed by atoms with Crippen molar-refractivity contribution in [3.63, 3.8) is 0 Å². The molecular weight excluding hydrogens is 207 g/mol. The lowest BCUT2D eigenvalue weighted by Crippen LogP contribution is -2.07. The van der Waals surface area contributed by atoms with Gasteiger partial charge in [-0.2, -0.15) is 0 Å². The first-order chi connectivity index (χ1) is 5.04. The summed E-state index contributed by atoms with van der Waals surface area (Å²) in [6, 6.07) is 0. The van der Waals surface area contributed by atoms with Gasteiger partial charge in [0.2, 0.25) is 0 Å². The molecule has 1 heterocycles. The van der Waals surface area contributed by atoms with Gasteiger partial charge >= 0.3 is 7.32 Å². The predicted molar refractivity (Wildman–Crippen MR) is 46.8 cm³/mol. The van der Waals surface area contributed by atoms with Crippen LogP contribution >= 0.6 is 36.8 Å². The average molecular weight is 212 g/mol. The fourth-order valence-corrected chi connectivity index (χ4v) is 0.886. The van der Waals surface area contributed by atoms with Gasteiger partial charge in [-0.3, -0.25) is 0 Å². The van der Waals surface area contributed by atoms with Gasteiger partial charge < -0.3 is 15.1 Å². The fourth-order valence-electron chi connectivity index (χ4n) is 0.181. The maximum Gasteiger partial charge on any atom is 0.631 e. The summed E-state index contributed by atoms with van der Waals surface area (Å²) in [5.74, 6) is 0. The second kappa shape index (κ2) is 5.80. The molecule has 0 aliphatic rings. The molecule has 5 nitrogen and oxygen atoms in total. The number of hydrogen-bond acceptors (Lipinski definition) is 8. The van der Waals surface area contributed by atoms with Crippen LogP contribution < -0.4 is 0 Å². The second-order valence-electron chi connectivity index (χ2n) is 1.25. The van der Waals surface area contributed by atoms with Crippen molar-refractivity contribution in [3.8, 4) is 0 Å². The largest absolute Gasteiger partial charge is 0.631 e. The summed E-state index contributed by atoms with van der Waals surface area (Å²) in [6.07, 6.45) is 0. The molecule has 0 saturated heterocycles. The highest BCUT2D eigenvalue weighted by Crippen LogP contribution is 2.17. The molecule has 1 rings (SSSR count). The van der Waals surface area contributed by atoms with Crippen LogP contribution in [0.2, 0.25) is 0 Å². The van der Waals surface area contributed by atoms with E-state index in [-0.39, 0.29) is 0 Å². The molecule has 0 fully saturated rings. The smallest absolute Gasteiger partial charge is 0.402 e. The van der Waals surface area contributed by atoms with Gasteiger partial charge in [0.1, 0.15) is 9.24 Å². The van der Waals surface area contributed by atoms with Gasteiger partial charge in [0, 0.05) is 0 Å². The lowest BCUT2D eigenvalue weighted by atomic mass is 10.3. The van der Waals surface area contributed by atoms with E-state index in [1.807, 2.05) is 0 Å². The first-order valence-corrected chi connectivity index (χ1v) is 3.95. The molecule has 0 radical (unpaired) electrons. The lowest BCUT2D eigenvalue weighted by molar-refractivity contribution is 0.278. The van der Waals surface area contributed by atoms with E-state index in [0.717, 1.165) is 4.21 Å². The highest BCUT2D eigenvalue weighted by molar-refractivity contribution is 7.85. The first-order valence-electron chi connectivity index (χ1n) is 2.28. The Labute approximate surface area is 78.2 Å². The third kappa shape index (κ3) is 6.60. The Morgan fingerprint density at radius 2 is 1.73 bits per heavy atom. The van der Waals surface area contributed by atoms with Crippen molar-refractivity contribution in [3.05, 3.63) is 0 Å². The normalized spacial score (nSPS) is 8.45. The van der Waals surface area contributed by atoms with Crippen LogP contribution in [-0.2, 0) is 0 Å². The minimum atomic E-state index is -2.17. The van der Waals surface area contributed by atoms with Crippen molar-refractivity contribution >= 4 is 44.1 Å². The molecular formula is C2H5BN2O3S3. The number of aromatic nitrogens is 2. The number of thiol groups is 2. The van der Waals surface area contributed by atoms with E-state index in [4.69, 9.17) is 15.1 Å². The molecule has 0 spiro atoms. The van der Waals surface area contributed by atoms with Crippen molar-refractivity contribution in [2.24, 2.45) is 0 Å². The Kier molecular flexibility index (Phi) is 5.91. The van der Waals surface area contributed by atoms with E-state index in [1.165, 1.54) is 11.5 Å². The van der Waals surface area contributed by atoms with Crippen LogP contribution in [0.25, 0.3) is 0 Å². The van der Waals surface area contributed by atoms with E-state index in [2.05, 4.69) is 34.8 Å². The molecule has 11 heavy (non-hydrogen) atoms. The van der Waals surface area contributed by atoms with Gasteiger partial charge in [0.25, 0.3) is 0 Å². The van der Waals surface area contributed by atoms with Crippen molar-refractivity contribution in [1.29, 1.82) is 0 Å². The van der Waals surface area contributed by atoms with Crippen LogP contribution in [0, 0.1) is 0 Å². The van der Waals surface area contributed by atoms with Gasteiger partial charge in [0.05, 0.1) is 0 Å². The molecule has 1 aromatic rings. The summed E-state index contributed by atoms with van der Waals surface area (Å²) in [4.78, 5) is 0. The summed E-state index contributed by atoms with van der Waals surface area (Å²) < 4.78 is 4.33. The molecule has 0 atom stereocenters. The van der Waals surface area contributed by atoms with Crippen molar-refractivity contribution < 1.29 is 15.1 Å². The van der Waals surface area contributed by atoms with Crippen molar-refractivity contribution in [2.45, 2.75) is 9.24 Å². The average Bonchev–Trinajstić information content (AvgIpc) is 2.15. The SMILES string of the molecule is OB(O)O.Sc1nnsc1S. The molecule has 0 aromatic carbocycles. The molecule has 0 bridgehead atoms. The zero-order valence-corrected chi connectivity index (χ0v) is 7.72. The minimum Gasteiger partial charge on any atom is -0.402 e. The first kappa shape index (κ1) is 11.2. The Hall–Kier alpha value is 0.205. The maximum absolute atomic E-state index is 7.17. The van der Waals surface area contributed by atoms with Gasteiger partial charge in [-0.25, -0.2) is 0 Å². The highest BCUT2D eigenvalue weighted by atomic mass is 32.2. The van der Waals surface area contributed by atoms with Gasteiger partial charge in [-0.05, 0) is 11.5 Å². The summed E-state index contributed by atoms with van der Waals surface area (Å²) in [5, 5.41) is 25.7. The van der Waals surface area contributed by atoms with Crippen LogP contribution in [0.3, 0.4) is 0 Å². The van der Waals surface area contributed by atoms with E-state index >= 15 is 0 Å². The molecule has 1 aromatic heterocycles. The van der Waals surface area contributed by atoms with Gasteiger partial charge in [-0.1, -0.05) is 4.49 Å². The summed E-state index contributed by atoms with van der Waals surface area (Å²) in [7, 11) is -2.17. The molecule has 0 saturated carbocycles. The maximum atomic E-state index is 7.17. The fraction of sp³-hybridized carbons (Fsp3) is 0. The van der Waals surface area contributed by atoms with E-state index < -0.39 is 7.32 Å². The van der Waals surface area contributed by atoms with Crippen molar-refractivity contribution in [1.82, 2.24) is 9.59 Å². The molecule has 0 unspecified atom stereocenters. The quantitative estimate of drug-likeness (QED) is 0.283. The third-order valence-electron chi connectivity index (χ3n) is 0.454. The van der Waals surface area contributed by atoms with Crippen LogP contribution in [0.4, 0.5) is 0 Å². The zero-order chi connectivity index (χ0) is 8.85. The Morgan fingerprint density at radius 1 is 1.27 bits per heavy atom. The standard InChI is InChI=1S/C2H2N2S3.BH3O3/c5-1-2(6)7-4-3-1;2-1(3)4/h5-6H;2-4H. The number of nitrogens with zero attached hydrogens (tertiary/aromatic N) is 2. The molecule has 0 aliphatic carbocycles. The Balaban J connectivity index is 0.000000218. The summed E-state index contributed by atoms with van der Waals surface area (Å²) in [6.45, 7) is 0. The second-order valence-corrected chi connectivity index (χ2v) is 3.18. The van der Waals surface area contributed by atoms with E-state index in [0.29, 0.717) is 5.03 Å². The minimum absolute atomic E-state index is 0.605. The van der Waals surface area contributed by atoms with E-state index in [1.54, 1.807) is 0 Å². The number of rotatable bonds is 0. The predicted octanol–water partition coefficient (Wildman–Crippen LogP) is -0.936. The van der Waals surface area contributed by atoms with Crippen molar-refractivity contribution in [2.75, 3.05) is 0 Å². The van der Waals surface area contributed by atoms with Gasteiger partial charge in [-0.15, -0.1) is 30.4 Å². The zero-order valence-electron chi connectivity index (χ0n) is 5.12. The highest BCUT2D eigenvalue weighted by Gasteiger charge is 1.93. The topological polar surface area (TPSA) is 86.5 Å². The summed E-state index contributed by atoms with van der Waals surface area (Å²) >= 11 is 9.11. The molecule has 9 heteroatoms. The van der Waals surface area contributed by atoms with Crippen LogP contribution in [0.15, 0.2) is 9.24 Å². The van der Waals surface area contributed by atoms with E-state index in [9.17, 15) is 0 Å². The molecule has 3 N–H and O–H groups in total. The van der Waals surface area contributed by atoms with Crippen LogP contribution in [0.5, 0.6) is 0 Å².